The Morgan fingerprint density at radius 1 is 1.08 bits per heavy atom. The van der Waals surface area contributed by atoms with Gasteiger partial charge in [-0.15, -0.1) is 0 Å². The fourth-order valence-electron chi connectivity index (χ4n) is 3.64. The summed E-state index contributed by atoms with van der Waals surface area (Å²) < 4.78 is 5.50. The van der Waals surface area contributed by atoms with E-state index in [1.54, 1.807) is 23.9 Å². The zero-order valence-corrected chi connectivity index (χ0v) is 23.9. The third-order valence-electron chi connectivity index (χ3n) is 5.89. The van der Waals surface area contributed by atoms with Gasteiger partial charge in [-0.2, -0.15) is 37.0 Å². The van der Waals surface area contributed by atoms with E-state index < -0.39 is 54.0 Å². The Morgan fingerprint density at radius 3 is 2.39 bits per heavy atom. The lowest BCUT2D eigenvalue weighted by atomic mass is 9.92. The van der Waals surface area contributed by atoms with E-state index in [0.29, 0.717) is 30.8 Å². The SMILES string of the molecule is CCSCC[C@H]1NC(=O)C[C@@H](/C=C/CCS)OC(=O)C[C@H](O)[C@@H]([C@@H](C)CC)NC(=O)[C@@H](CS)NC1=O. The predicted molar refractivity (Wildman–Crippen MR) is 149 cm³/mol. The van der Waals surface area contributed by atoms with E-state index in [9.17, 15) is 24.3 Å². The van der Waals surface area contributed by atoms with Crippen LogP contribution in [0.25, 0.3) is 0 Å². The van der Waals surface area contributed by atoms with Gasteiger partial charge in [0, 0.05) is 5.75 Å². The zero-order valence-electron chi connectivity index (χ0n) is 21.3. The summed E-state index contributed by atoms with van der Waals surface area (Å²) in [5.74, 6) is -0.235. The highest BCUT2D eigenvalue weighted by atomic mass is 32.2. The van der Waals surface area contributed by atoms with Crippen LogP contribution in [0.5, 0.6) is 0 Å². The van der Waals surface area contributed by atoms with Crippen molar-refractivity contribution < 1.29 is 29.0 Å². The molecule has 1 rings (SSSR count). The highest BCUT2D eigenvalue weighted by molar-refractivity contribution is 7.99. The molecule has 36 heavy (non-hydrogen) atoms. The predicted octanol–water partition coefficient (Wildman–Crippen LogP) is 1.50. The first-order chi connectivity index (χ1) is 17.2. The lowest BCUT2D eigenvalue weighted by molar-refractivity contribution is -0.151. The highest BCUT2D eigenvalue weighted by Gasteiger charge is 2.33. The lowest BCUT2D eigenvalue weighted by Crippen LogP contribution is -2.58. The van der Waals surface area contributed by atoms with E-state index in [0.717, 1.165) is 5.75 Å². The summed E-state index contributed by atoms with van der Waals surface area (Å²) >= 11 is 10.0. The van der Waals surface area contributed by atoms with E-state index in [4.69, 9.17) is 4.74 Å². The molecular weight excluding hydrogens is 522 g/mol. The number of carbonyl (C=O) groups excluding carboxylic acids is 4. The fraction of sp³-hybridized carbons (Fsp3) is 0.750. The molecule has 1 aliphatic rings. The minimum Gasteiger partial charge on any atom is -0.457 e. The number of cyclic esters (lactones) is 1. The Morgan fingerprint density at radius 2 is 1.78 bits per heavy atom. The molecule has 9 nitrogen and oxygen atoms in total. The molecule has 0 saturated carbocycles. The molecule has 1 fully saturated rings. The number of nitrogens with one attached hydrogen (secondary N) is 3. The van der Waals surface area contributed by atoms with E-state index in [-0.39, 0.29) is 24.5 Å². The van der Waals surface area contributed by atoms with Crippen molar-refractivity contribution >= 4 is 60.7 Å². The molecule has 0 aromatic carbocycles. The van der Waals surface area contributed by atoms with Crippen LogP contribution in [0.2, 0.25) is 0 Å². The molecule has 12 heteroatoms. The first-order valence-corrected chi connectivity index (χ1v) is 14.8. The number of aliphatic hydroxyl groups is 1. The van der Waals surface area contributed by atoms with E-state index in [1.807, 2.05) is 20.8 Å². The highest BCUT2D eigenvalue weighted by Crippen LogP contribution is 2.17. The van der Waals surface area contributed by atoms with Crippen molar-refractivity contribution in [3.63, 3.8) is 0 Å². The molecule has 0 aromatic heterocycles. The van der Waals surface area contributed by atoms with Crippen LogP contribution < -0.4 is 16.0 Å². The van der Waals surface area contributed by atoms with Crippen LogP contribution in [-0.2, 0) is 23.9 Å². The van der Waals surface area contributed by atoms with Gasteiger partial charge in [0.1, 0.15) is 18.2 Å². The van der Waals surface area contributed by atoms with Crippen LogP contribution in [-0.4, -0.2) is 82.1 Å². The summed E-state index contributed by atoms with van der Waals surface area (Å²) in [6.07, 6.45) is 2.38. The molecule has 6 atom stereocenters. The maximum absolute atomic E-state index is 13.1. The van der Waals surface area contributed by atoms with Crippen LogP contribution in [0.1, 0.15) is 52.9 Å². The number of rotatable bonds is 10. The second-order valence-corrected chi connectivity index (χ2v) is 10.9. The molecule has 0 aliphatic carbocycles. The summed E-state index contributed by atoms with van der Waals surface area (Å²) in [4.78, 5) is 51.6. The summed E-state index contributed by atoms with van der Waals surface area (Å²) in [7, 11) is 0. The molecule has 1 heterocycles. The third-order valence-corrected chi connectivity index (χ3v) is 7.45. The monoisotopic (exact) mass is 563 g/mol. The van der Waals surface area contributed by atoms with E-state index in [2.05, 4.69) is 41.2 Å². The Labute approximate surface area is 229 Å². The molecule has 0 aromatic rings. The summed E-state index contributed by atoms with van der Waals surface area (Å²) in [5.41, 5.74) is 0. The van der Waals surface area contributed by atoms with Crippen molar-refractivity contribution in [2.75, 3.05) is 23.0 Å². The number of hydrogen-bond donors (Lipinski definition) is 6. The van der Waals surface area contributed by atoms with Gasteiger partial charge in [0.15, 0.2) is 0 Å². The van der Waals surface area contributed by atoms with Gasteiger partial charge >= 0.3 is 5.97 Å². The average Bonchev–Trinajstić information content (AvgIpc) is 2.83. The van der Waals surface area contributed by atoms with Crippen LogP contribution >= 0.6 is 37.0 Å². The quantitative estimate of drug-likeness (QED) is 0.103. The van der Waals surface area contributed by atoms with Crippen LogP contribution in [0.3, 0.4) is 0 Å². The van der Waals surface area contributed by atoms with Crippen molar-refractivity contribution in [1.82, 2.24) is 16.0 Å². The first kappa shape index (κ1) is 32.7. The Balaban J connectivity index is 3.30. The molecule has 0 bridgehead atoms. The van der Waals surface area contributed by atoms with E-state index in [1.165, 1.54) is 0 Å². The summed E-state index contributed by atoms with van der Waals surface area (Å²) in [6.45, 7) is 5.77. The van der Waals surface area contributed by atoms with Crippen LogP contribution in [0.4, 0.5) is 0 Å². The maximum Gasteiger partial charge on any atom is 0.309 e. The molecular formula is C24H41N3O6S3. The normalized spacial score (nSPS) is 27.9. The Bertz CT molecular complexity index is 755. The van der Waals surface area contributed by atoms with Gasteiger partial charge in [-0.3, -0.25) is 19.2 Å². The minimum absolute atomic E-state index is 0.0192. The molecule has 0 unspecified atom stereocenters. The smallest absolute Gasteiger partial charge is 0.309 e. The summed E-state index contributed by atoms with van der Waals surface area (Å²) in [5, 5.41) is 19.0. The van der Waals surface area contributed by atoms with Crippen molar-refractivity contribution in [1.29, 1.82) is 0 Å². The minimum atomic E-state index is -1.22. The molecule has 4 N–H and O–H groups in total. The van der Waals surface area contributed by atoms with Gasteiger partial charge in [-0.05, 0) is 42.1 Å². The molecule has 0 spiro atoms. The Kier molecular flexibility index (Phi) is 16.3. The summed E-state index contributed by atoms with van der Waals surface area (Å²) in [6, 6.07) is -2.59. The molecule has 1 saturated heterocycles. The number of aliphatic hydroxyl groups excluding tert-OH is 1. The van der Waals surface area contributed by atoms with Gasteiger partial charge in [0.25, 0.3) is 0 Å². The second-order valence-electron chi connectivity index (χ2n) is 8.71. The lowest BCUT2D eigenvalue weighted by Gasteiger charge is -2.30. The van der Waals surface area contributed by atoms with Crippen molar-refractivity contribution in [3.8, 4) is 0 Å². The van der Waals surface area contributed by atoms with Crippen molar-refractivity contribution in [3.05, 3.63) is 12.2 Å². The molecule has 3 amide bonds. The van der Waals surface area contributed by atoms with E-state index >= 15 is 0 Å². The van der Waals surface area contributed by atoms with Crippen LogP contribution in [0, 0.1) is 5.92 Å². The number of hydrogen-bond acceptors (Lipinski definition) is 9. The first-order valence-electron chi connectivity index (χ1n) is 12.4. The second kappa shape index (κ2) is 18.0. The Hall–Kier alpha value is -1.37. The number of allylic oxidation sites excluding steroid dienone is 1. The molecule has 1 aliphatic heterocycles. The largest absolute Gasteiger partial charge is 0.457 e. The standard InChI is InChI=1S/C24H41N3O6S3/c1-4-15(3)22-19(28)13-21(30)33-16(8-6-7-10-34)12-20(29)25-17(9-11-36-5-2)23(31)26-18(14-35)24(32)27-22/h6,8,15-19,22,28,34-35H,4-5,7,9-14H2,1-3H3,(H,25,29)(H,26,31)(H,27,32)/b8-6+/t15-,16+,17+,18+,19-,22+/m0/s1. The molecule has 0 radical (unpaired) electrons. The number of thioether (sulfide) groups is 1. The molecule has 206 valence electrons. The topological polar surface area (TPSA) is 134 Å². The maximum atomic E-state index is 13.1. The van der Waals surface area contributed by atoms with Crippen molar-refractivity contribution in [2.24, 2.45) is 5.92 Å². The number of carbonyl (C=O) groups is 4. The fourth-order valence-corrected chi connectivity index (χ4v) is 4.74. The van der Waals surface area contributed by atoms with Gasteiger partial charge in [-0.1, -0.05) is 33.3 Å². The van der Waals surface area contributed by atoms with Gasteiger partial charge in [0.2, 0.25) is 17.7 Å². The van der Waals surface area contributed by atoms with Crippen LogP contribution in [0.15, 0.2) is 12.2 Å². The number of ether oxygens (including phenoxy) is 1. The average molecular weight is 564 g/mol. The van der Waals surface area contributed by atoms with Gasteiger partial charge in [0.05, 0.1) is 25.0 Å². The van der Waals surface area contributed by atoms with Gasteiger partial charge in [-0.25, -0.2) is 0 Å². The number of thiol groups is 2. The zero-order chi connectivity index (χ0) is 27.1. The number of amides is 3. The van der Waals surface area contributed by atoms with Crippen molar-refractivity contribution in [2.45, 2.75) is 83.2 Å². The van der Waals surface area contributed by atoms with Gasteiger partial charge < -0.3 is 25.8 Å². The number of esters is 1. The third kappa shape index (κ3) is 11.8.